The molecule has 1 N–H and O–H groups in total. The fourth-order valence-corrected chi connectivity index (χ4v) is 3.70. The first-order valence-electron chi connectivity index (χ1n) is 11.0. The molecular weight excluding hydrogens is 456 g/mol. The van der Waals surface area contributed by atoms with Gasteiger partial charge in [0.05, 0.1) is 32.4 Å². The summed E-state index contributed by atoms with van der Waals surface area (Å²) in [6.45, 7) is 2.94. The molecule has 0 aliphatic heterocycles. The molecule has 0 saturated carbocycles. The first-order chi connectivity index (χ1) is 16.9. The van der Waals surface area contributed by atoms with Gasteiger partial charge in [0.2, 0.25) is 0 Å². The predicted octanol–water partition coefficient (Wildman–Crippen LogP) is 4.73. The van der Waals surface area contributed by atoms with E-state index in [0.29, 0.717) is 31.0 Å². The maximum atomic E-state index is 13.9. The van der Waals surface area contributed by atoms with Crippen LogP contribution in [0.5, 0.6) is 11.5 Å². The van der Waals surface area contributed by atoms with Crippen molar-refractivity contribution in [3.05, 3.63) is 82.9 Å². The SMILES string of the molecule is CCOCc1cc(OC)c(-c2ccc(CC(C=O)NC(=O)c3c(F)cccc3F)cc2)c(OC)c1. The number of rotatable bonds is 11. The fourth-order valence-electron chi connectivity index (χ4n) is 3.70. The number of carbonyl (C=O) groups is 2. The quantitative estimate of drug-likeness (QED) is 0.400. The lowest BCUT2D eigenvalue weighted by molar-refractivity contribution is -0.109. The molecule has 8 heteroatoms. The number of halogens is 2. The molecule has 6 nitrogen and oxygen atoms in total. The fraction of sp³-hybridized carbons (Fsp3) is 0.259. The maximum Gasteiger partial charge on any atom is 0.257 e. The third-order valence-electron chi connectivity index (χ3n) is 5.41. The Bertz CT molecular complexity index is 1140. The first-order valence-corrected chi connectivity index (χ1v) is 11.0. The highest BCUT2D eigenvalue weighted by atomic mass is 19.1. The normalized spacial score (nSPS) is 11.6. The zero-order valence-electron chi connectivity index (χ0n) is 19.8. The second kappa shape index (κ2) is 12.1. The van der Waals surface area contributed by atoms with Crippen molar-refractivity contribution in [3.8, 4) is 22.6 Å². The average Bonchev–Trinajstić information content (AvgIpc) is 2.86. The van der Waals surface area contributed by atoms with E-state index in [0.717, 1.165) is 40.5 Å². The number of benzene rings is 3. The van der Waals surface area contributed by atoms with Gasteiger partial charge in [0.1, 0.15) is 35.0 Å². The molecule has 0 radical (unpaired) electrons. The Morgan fingerprint density at radius 3 is 2.09 bits per heavy atom. The second-order valence-electron chi connectivity index (χ2n) is 7.73. The first kappa shape index (κ1) is 25.8. The van der Waals surface area contributed by atoms with Crippen molar-refractivity contribution in [2.45, 2.75) is 26.0 Å². The molecule has 0 aliphatic carbocycles. The van der Waals surface area contributed by atoms with Gasteiger partial charge in [0.15, 0.2) is 0 Å². The molecule has 0 bridgehead atoms. The van der Waals surface area contributed by atoms with E-state index in [-0.39, 0.29) is 6.42 Å². The summed E-state index contributed by atoms with van der Waals surface area (Å²) in [4.78, 5) is 23.9. The summed E-state index contributed by atoms with van der Waals surface area (Å²) in [5.74, 6) is -1.73. The number of amides is 1. The molecule has 184 valence electrons. The highest BCUT2D eigenvalue weighted by Crippen LogP contribution is 2.40. The molecule has 0 fully saturated rings. The van der Waals surface area contributed by atoms with Gasteiger partial charge in [-0.2, -0.15) is 0 Å². The molecule has 0 aliphatic rings. The van der Waals surface area contributed by atoms with E-state index >= 15 is 0 Å². The number of methoxy groups -OCH3 is 2. The standard InChI is InChI=1S/C27H27F2NO5/c1-4-35-16-18-13-23(33-2)25(24(14-18)34-3)19-10-8-17(9-11-19)12-20(15-31)30-27(32)26-21(28)6-5-7-22(26)29/h5-11,13-15,20H,4,12,16H2,1-3H3,(H,30,32). The van der Waals surface area contributed by atoms with Crippen LogP contribution in [0.25, 0.3) is 11.1 Å². The summed E-state index contributed by atoms with van der Waals surface area (Å²) in [5.41, 5.74) is 2.52. The maximum absolute atomic E-state index is 13.9. The van der Waals surface area contributed by atoms with Crippen LogP contribution in [0.3, 0.4) is 0 Å². The van der Waals surface area contributed by atoms with E-state index in [1.54, 1.807) is 26.4 Å². The Labute approximate surface area is 202 Å². The van der Waals surface area contributed by atoms with E-state index in [2.05, 4.69) is 5.32 Å². The van der Waals surface area contributed by atoms with E-state index in [1.165, 1.54) is 0 Å². The smallest absolute Gasteiger partial charge is 0.257 e. The average molecular weight is 484 g/mol. The monoisotopic (exact) mass is 483 g/mol. The van der Waals surface area contributed by atoms with Crippen LogP contribution in [0.1, 0.15) is 28.4 Å². The van der Waals surface area contributed by atoms with Gasteiger partial charge in [-0.15, -0.1) is 0 Å². The Hall–Kier alpha value is -3.78. The van der Waals surface area contributed by atoms with Crippen LogP contribution < -0.4 is 14.8 Å². The number of ether oxygens (including phenoxy) is 3. The Morgan fingerprint density at radius 1 is 0.971 bits per heavy atom. The molecule has 0 saturated heterocycles. The molecule has 0 heterocycles. The van der Waals surface area contributed by atoms with Crippen LogP contribution in [0.4, 0.5) is 8.78 Å². The number of aldehydes is 1. The van der Waals surface area contributed by atoms with E-state index in [4.69, 9.17) is 14.2 Å². The number of hydrogen-bond acceptors (Lipinski definition) is 5. The van der Waals surface area contributed by atoms with Crippen molar-refractivity contribution < 1.29 is 32.6 Å². The lowest BCUT2D eigenvalue weighted by Crippen LogP contribution is -2.38. The van der Waals surface area contributed by atoms with Crippen molar-refractivity contribution in [2.24, 2.45) is 0 Å². The molecule has 3 rings (SSSR count). The molecule has 0 aromatic heterocycles. The summed E-state index contributed by atoms with van der Waals surface area (Å²) < 4.78 is 44.4. The summed E-state index contributed by atoms with van der Waals surface area (Å²) in [5, 5.41) is 2.38. The minimum absolute atomic E-state index is 0.146. The third-order valence-corrected chi connectivity index (χ3v) is 5.41. The molecule has 1 amide bonds. The molecule has 3 aromatic carbocycles. The Balaban J connectivity index is 1.79. The van der Waals surface area contributed by atoms with Crippen LogP contribution in [0, 0.1) is 11.6 Å². The van der Waals surface area contributed by atoms with Crippen LogP contribution in [0.2, 0.25) is 0 Å². The van der Waals surface area contributed by atoms with Crippen molar-refractivity contribution in [1.82, 2.24) is 5.32 Å². The summed E-state index contributed by atoms with van der Waals surface area (Å²) in [6, 6.07) is 13.2. The summed E-state index contributed by atoms with van der Waals surface area (Å²) in [6.07, 6.45) is 0.681. The zero-order chi connectivity index (χ0) is 25.4. The molecule has 35 heavy (non-hydrogen) atoms. The van der Waals surface area contributed by atoms with Crippen molar-refractivity contribution in [2.75, 3.05) is 20.8 Å². The molecule has 3 aromatic rings. The highest BCUT2D eigenvalue weighted by Gasteiger charge is 2.21. The molecular formula is C27H27F2NO5. The van der Waals surface area contributed by atoms with Gasteiger partial charge in [-0.05, 0) is 54.3 Å². The lowest BCUT2D eigenvalue weighted by atomic mass is 9.98. The van der Waals surface area contributed by atoms with E-state index in [1.807, 2.05) is 31.2 Å². The van der Waals surface area contributed by atoms with Crippen LogP contribution >= 0.6 is 0 Å². The zero-order valence-corrected chi connectivity index (χ0v) is 19.8. The Kier molecular flexibility index (Phi) is 8.92. The van der Waals surface area contributed by atoms with Gasteiger partial charge in [-0.1, -0.05) is 30.3 Å². The van der Waals surface area contributed by atoms with Crippen LogP contribution in [-0.2, 0) is 22.6 Å². The van der Waals surface area contributed by atoms with Crippen molar-refractivity contribution in [3.63, 3.8) is 0 Å². The number of nitrogens with one attached hydrogen (secondary N) is 1. The lowest BCUT2D eigenvalue weighted by Gasteiger charge is -2.17. The van der Waals surface area contributed by atoms with Crippen LogP contribution in [-0.4, -0.2) is 39.1 Å². The second-order valence-corrected chi connectivity index (χ2v) is 7.73. The largest absolute Gasteiger partial charge is 0.496 e. The van der Waals surface area contributed by atoms with Gasteiger partial charge in [0.25, 0.3) is 5.91 Å². The molecule has 1 unspecified atom stereocenters. The Morgan fingerprint density at radius 2 is 1.57 bits per heavy atom. The topological polar surface area (TPSA) is 73.9 Å². The number of hydrogen-bond donors (Lipinski definition) is 1. The van der Waals surface area contributed by atoms with Gasteiger partial charge < -0.3 is 24.3 Å². The van der Waals surface area contributed by atoms with Crippen LogP contribution in [0.15, 0.2) is 54.6 Å². The highest BCUT2D eigenvalue weighted by molar-refractivity contribution is 5.96. The van der Waals surface area contributed by atoms with Crippen molar-refractivity contribution in [1.29, 1.82) is 0 Å². The van der Waals surface area contributed by atoms with Gasteiger partial charge in [-0.25, -0.2) is 8.78 Å². The summed E-state index contributed by atoms with van der Waals surface area (Å²) in [7, 11) is 3.15. The van der Waals surface area contributed by atoms with Crippen molar-refractivity contribution >= 4 is 12.2 Å². The van der Waals surface area contributed by atoms with E-state index in [9.17, 15) is 18.4 Å². The van der Waals surface area contributed by atoms with Gasteiger partial charge in [0, 0.05) is 6.61 Å². The van der Waals surface area contributed by atoms with Gasteiger partial charge >= 0.3 is 0 Å². The minimum Gasteiger partial charge on any atom is -0.496 e. The summed E-state index contributed by atoms with van der Waals surface area (Å²) >= 11 is 0. The van der Waals surface area contributed by atoms with E-state index < -0.39 is 29.1 Å². The minimum atomic E-state index is -0.994. The predicted molar refractivity (Wildman–Crippen MR) is 128 cm³/mol. The number of carbonyl (C=O) groups excluding carboxylic acids is 2. The van der Waals surface area contributed by atoms with Gasteiger partial charge in [-0.3, -0.25) is 4.79 Å². The third kappa shape index (κ3) is 6.22. The molecule has 0 spiro atoms. The molecule has 1 atom stereocenters.